The second kappa shape index (κ2) is 4.13. The molecule has 3 aromatic rings. The van der Waals surface area contributed by atoms with Gasteiger partial charge in [0.2, 0.25) is 5.82 Å². The number of nitrogens with zero attached hydrogens (tertiary/aromatic N) is 4. The van der Waals surface area contributed by atoms with E-state index in [0.29, 0.717) is 11.4 Å². The fourth-order valence-electron chi connectivity index (χ4n) is 1.69. The quantitative estimate of drug-likeness (QED) is 0.723. The van der Waals surface area contributed by atoms with Gasteiger partial charge in [0.1, 0.15) is 11.5 Å². The van der Waals surface area contributed by atoms with Gasteiger partial charge in [0.05, 0.1) is 17.3 Å². The second-order valence-corrected chi connectivity index (χ2v) is 4.03. The molecule has 0 fully saturated rings. The van der Waals surface area contributed by atoms with Crippen LogP contribution >= 0.6 is 0 Å². The molecule has 0 bridgehead atoms. The average Bonchev–Trinajstić information content (AvgIpc) is 2.97. The first-order valence-electron chi connectivity index (χ1n) is 5.48. The Kier molecular flexibility index (Phi) is 2.45. The van der Waals surface area contributed by atoms with Crippen molar-refractivity contribution in [3.63, 3.8) is 0 Å². The third-order valence-corrected chi connectivity index (χ3v) is 2.60. The van der Waals surface area contributed by atoms with Crippen LogP contribution in [0.4, 0.5) is 0 Å². The summed E-state index contributed by atoms with van der Waals surface area (Å²) in [7, 11) is 1.79. The van der Waals surface area contributed by atoms with Gasteiger partial charge in [-0.05, 0) is 12.1 Å². The molecule has 0 amide bonds. The summed E-state index contributed by atoms with van der Waals surface area (Å²) >= 11 is 0. The van der Waals surface area contributed by atoms with Gasteiger partial charge >= 0.3 is 0 Å². The smallest absolute Gasteiger partial charge is 0.262 e. The monoisotopic (exact) mass is 258 g/mol. The van der Waals surface area contributed by atoms with Gasteiger partial charge in [0.25, 0.3) is 5.89 Å². The van der Waals surface area contributed by atoms with E-state index in [2.05, 4.69) is 15.2 Å². The third kappa shape index (κ3) is 2.01. The van der Waals surface area contributed by atoms with E-state index in [1.807, 2.05) is 0 Å². The molecular formula is C12H10N4O3. The number of hydrogen-bond acceptors (Lipinski definition) is 6. The van der Waals surface area contributed by atoms with E-state index in [4.69, 9.17) is 4.52 Å². The Balaban J connectivity index is 2.01. The van der Waals surface area contributed by atoms with E-state index in [-0.39, 0.29) is 17.4 Å². The van der Waals surface area contributed by atoms with Crippen molar-refractivity contribution in [2.24, 2.45) is 7.05 Å². The number of phenols is 2. The topological polar surface area (TPSA) is 97.2 Å². The molecule has 1 aromatic carbocycles. The lowest BCUT2D eigenvalue weighted by Crippen LogP contribution is -1.84. The first-order chi connectivity index (χ1) is 9.13. The molecule has 7 nitrogen and oxygen atoms in total. The lowest BCUT2D eigenvalue weighted by molar-refractivity contribution is 0.423. The zero-order chi connectivity index (χ0) is 13.4. The predicted molar refractivity (Wildman–Crippen MR) is 65.3 cm³/mol. The van der Waals surface area contributed by atoms with Crippen molar-refractivity contribution in [2.75, 3.05) is 0 Å². The minimum atomic E-state index is -0.124. The maximum absolute atomic E-state index is 9.72. The molecule has 0 radical (unpaired) electrons. The van der Waals surface area contributed by atoms with Crippen molar-refractivity contribution in [2.45, 2.75) is 0 Å². The van der Waals surface area contributed by atoms with Crippen molar-refractivity contribution in [1.82, 2.24) is 19.9 Å². The molecule has 0 aliphatic rings. The summed E-state index contributed by atoms with van der Waals surface area (Å²) < 4.78 is 6.72. The standard InChI is InChI=1S/C12H10N4O3/c1-16-6-7(5-13-16)11-14-12(19-15-11)9-3-2-8(17)4-10(9)18/h2-6,17-18H,1H3. The van der Waals surface area contributed by atoms with Crippen LogP contribution < -0.4 is 0 Å². The summed E-state index contributed by atoms with van der Waals surface area (Å²) in [5, 5.41) is 26.8. The van der Waals surface area contributed by atoms with E-state index < -0.39 is 0 Å². The van der Waals surface area contributed by atoms with Gasteiger partial charge in [-0.3, -0.25) is 4.68 Å². The van der Waals surface area contributed by atoms with Crippen molar-refractivity contribution in [3.8, 4) is 34.3 Å². The largest absolute Gasteiger partial charge is 0.508 e. The van der Waals surface area contributed by atoms with Crippen molar-refractivity contribution in [3.05, 3.63) is 30.6 Å². The number of aromatic hydroxyl groups is 2. The van der Waals surface area contributed by atoms with Crippen LogP contribution in [0.25, 0.3) is 22.8 Å². The number of aryl methyl sites for hydroxylation is 1. The lowest BCUT2D eigenvalue weighted by Gasteiger charge is -1.98. The summed E-state index contributed by atoms with van der Waals surface area (Å²) in [5.41, 5.74) is 1.08. The first-order valence-corrected chi connectivity index (χ1v) is 5.48. The molecule has 0 atom stereocenters. The highest BCUT2D eigenvalue weighted by Crippen LogP contribution is 2.31. The molecule has 96 valence electrons. The minimum Gasteiger partial charge on any atom is -0.508 e. The number of hydrogen-bond donors (Lipinski definition) is 2. The van der Waals surface area contributed by atoms with E-state index in [0.717, 1.165) is 5.56 Å². The zero-order valence-corrected chi connectivity index (χ0v) is 9.98. The molecule has 0 saturated heterocycles. The Morgan fingerprint density at radius 3 is 2.79 bits per heavy atom. The molecule has 0 spiro atoms. The Morgan fingerprint density at radius 2 is 2.11 bits per heavy atom. The lowest BCUT2D eigenvalue weighted by atomic mass is 10.2. The van der Waals surface area contributed by atoms with Crippen LogP contribution in [0.1, 0.15) is 0 Å². The molecule has 7 heteroatoms. The summed E-state index contributed by atoms with van der Waals surface area (Å²) in [6.45, 7) is 0. The van der Waals surface area contributed by atoms with Gasteiger partial charge in [-0.15, -0.1) is 0 Å². The van der Waals surface area contributed by atoms with Gasteiger partial charge in [-0.2, -0.15) is 10.1 Å². The minimum absolute atomic E-state index is 0.0340. The van der Waals surface area contributed by atoms with Crippen LogP contribution in [0.3, 0.4) is 0 Å². The average molecular weight is 258 g/mol. The van der Waals surface area contributed by atoms with Crippen LogP contribution in [0.15, 0.2) is 35.1 Å². The summed E-state index contributed by atoms with van der Waals surface area (Å²) in [6, 6.07) is 4.15. The number of rotatable bonds is 2. The molecule has 2 N–H and O–H groups in total. The molecule has 3 rings (SSSR count). The first kappa shape index (κ1) is 11.3. The molecule has 0 saturated carbocycles. The van der Waals surface area contributed by atoms with Gasteiger partial charge in [0.15, 0.2) is 0 Å². The molecule has 0 aliphatic heterocycles. The third-order valence-electron chi connectivity index (χ3n) is 2.60. The summed E-state index contributed by atoms with van der Waals surface area (Å²) in [5.74, 6) is 0.404. The predicted octanol–water partition coefficient (Wildman–Crippen LogP) is 1.55. The fraction of sp³-hybridized carbons (Fsp3) is 0.0833. The van der Waals surface area contributed by atoms with Crippen molar-refractivity contribution >= 4 is 0 Å². The molecule has 2 heterocycles. The highest BCUT2D eigenvalue weighted by molar-refractivity contribution is 5.65. The van der Waals surface area contributed by atoms with Gasteiger partial charge in [-0.1, -0.05) is 5.16 Å². The maximum Gasteiger partial charge on any atom is 0.262 e. The molecule has 19 heavy (non-hydrogen) atoms. The van der Waals surface area contributed by atoms with Crippen LogP contribution in [-0.4, -0.2) is 30.1 Å². The van der Waals surface area contributed by atoms with E-state index in [1.165, 1.54) is 18.2 Å². The van der Waals surface area contributed by atoms with Crippen molar-refractivity contribution < 1.29 is 14.7 Å². The fourth-order valence-corrected chi connectivity index (χ4v) is 1.69. The Labute approximate surface area is 107 Å². The Bertz CT molecular complexity index is 732. The van der Waals surface area contributed by atoms with E-state index in [1.54, 1.807) is 24.1 Å². The maximum atomic E-state index is 9.72. The van der Waals surface area contributed by atoms with Gasteiger partial charge < -0.3 is 14.7 Å². The molecule has 0 unspecified atom stereocenters. The zero-order valence-electron chi connectivity index (χ0n) is 9.98. The normalized spacial score (nSPS) is 10.8. The molecular weight excluding hydrogens is 248 g/mol. The van der Waals surface area contributed by atoms with E-state index >= 15 is 0 Å². The number of benzene rings is 1. The van der Waals surface area contributed by atoms with Crippen LogP contribution in [0.2, 0.25) is 0 Å². The Morgan fingerprint density at radius 1 is 1.26 bits per heavy atom. The van der Waals surface area contributed by atoms with Gasteiger partial charge in [0, 0.05) is 19.3 Å². The Hall–Kier alpha value is -2.83. The van der Waals surface area contributed by atoms with Gasteiger partial charge in [-0.25, -0.2) is 0 Å². The highest BCUT2D eigenvalue weighted by atomic mass is 16.5. The highest BCUT2D eigenvalue weighted by Gasteiger charge is 2.15. The van der Waals surface area contributed by atoms with Crippen molar-refractivity contribution in [1.29, 1.82) is 0 Å². The second-order valence-electron chi connectivity index (χ2n) is 4.03. The SMILES string of the molecule is Cn1cc(-c2noc(-c3ccc(O)cc3O)n2)cn1. The molecule has 0 aliphatic carbocycles. The van der Waals surface area contributed by atoms with Crippen LogP contribution in [-0.2, 0) is 7.05 Å². The number of aromatic nitrogens is 4. The van der Waals surface area contributed by atoms with E-state index in [9.17, 15) is 10.2 Å². The van der Waals surface area contributed by atoms with Crippen LogP contribution in [0, 0.1) is 0 Å². The summed E-state index contributed by atoms with van der Waals surface area (Å²) in [6.07, 6.45) is 3.37. The summed E-state index contributed by atoms with van der Waals surface area (Å²) in [4.78, 5) is 4.18. The van der Waals surface area contributed by atoms with Crippen LogP contribution in [0.5, 0.6) is 11.5 Å². The molecule has 2 aromatic heterocycles. The number of phenolic OH excluding ortho intramolecular Hbond substituents is 2.